The van der Waals surface area contributed by atoms with Crippen molar-refractivity contribution in [3.8, 4) is 0 Å². The van der Waals surface area contributed by atoms with Crippen LogP contribution in [0.2, 0.25) is 0 Å². The summed E-state index contributed by atoms with van der Waals surface area (Å²) in [4.78, 5) is 41.6. The van der Waals surface area contributed by atoms with E-state index in [2.05, 4.69) is 16.0 Å². The summed E-state index contributed by atoms with van der Waals surface area (Å²) in [5, 5.41) is 21.4. The number of aliphatic hydroxyl groups is 1. The van der Waals surface area contributed by atoms with Gasteiger partial charge in [-0.25, -0.2) is 0 Å². The van der Waals surface area contributed by atoms with Crippen LogP contribution >= 0.6 is 12.4 Å². The molecule has 9 nitrogen and oxygen atoms in total. The number of hydrogen-bond donors (Lipinski definition) is 4. The van der Waals surface area contributed by atoms with Crippen LogP contribution in [-0.4, -0.2) is 85.3 Å². The summed E-state index contributed by atoms with van der Waals surface area (Å²) in [5.41, 5.74) is 0.909. The van der Waals surface area contributed by atoms with Crippen molar-refractivity contribution in [1.29, 1.82) is 0 Å². The van der Waals surface area contributed by atoms with Crippen LogP contribution in [0.25, 0.3) is 10.8 Å². The first-order valence-corrected chi connectivity index (χ1v) is 14.5. The standard InChI is InChI=1S/C31H46N4O5.ClH/c1-5-23(6-2)31(39)35-15-9-12-28(35)30(38)34-27(17-22-13-14-24-10-7-8-11-25(24)16-22)29(37)33-20-26(36)19-32-18-21(3)40-4;/h7-8,10-11,13-14,16,21,23,26-28,32,36H,5-6,9,12,15,17-20H2,1-4H3,(H,33,37)(H,34,38);1H/t21?,26?,27-,28?;/m1./s1. The van der Waals surface area contributed by atoms with Gasteiger partial charge in [0.1, 0.15) is 12.1 Å². The van der Waals surface area contributed by atoms with Crippen LogP contribution in [-0.2, 0) is 25.5 Å². The van der Waals surface area contributed by atoms with Crippen molar-refractivity contribution in [1.82, 2.24) is 20.9 Å². The minimum Gasteiger partial charge on any atom is -0.390 e. The molecule has 0 aromatic heterocycles. The molecule has 1 fully saturated rings. The summed E-state index contributed by atoms with van der Waals surface area (Å²) >= 11 is 0. The molecule has 3 rings (SSSR count). The van der Waals surface area contributed by atoms with Gasteiger partial charge in [0.2, 0.25) is 17.7 Å². The Morgan fingerprint density at radius 3 is 2.44 bits per heavy atom. The van der Waals surface area contributed by atoms with E-state index in [1.165, 1.54) is 0 Å². The summed E-state index contributed by atoms with van der Waals surface area (Å²) < 4.78 is 5.19. The average Bonchev–Trinajstić information content (AvgIpc) is 3.46. The van der Waals surface area contributed by atoms with E-state index in [0.717, 1.165) is 35.6 Å². The molecule has 3 amide bonds. The molecule has 3 unspecified atom stereocenters. The molecular weight excluding hydrogens is 544 g/mol. The van der Waals surface area contributed by atoms with Gasteiger partial charge >= 0.3 is 0 Å². The second-order valence-electron chi connectivity index (χ2n) is 10.8. The van der Waals surface area contributed by atoms with E-state index >= 15 is 0 Å². The SMILES string of the molecule is CCC(CC)C(=O)N1CCCC1C(=O)N[C@H](Cc1ccc2ccccc2c1)C(=O)NCC(O)CNCC(C)OC.Cl. The van der Waals surface area contributed by atoms with Crippen molar-refractivity contribution in [3.05, 3.63) is 48.0 Å². The number of benzene rings is 2. The van der Waals surface area contributed by atoms with Gasteiger partial charge < -0.3 is 30.7 Å². The lowest BCUT2D eigenvalue weighted by Gasteiger charge is -2.29. The van der Waals surface area contributed by atoms with Crippen molar-refractivity contribution in [2.45, 2.75) is 77.2 Å². The minimum absolute atomic E-state index is 0. The van der Waals surface area contributed by atoms with E-state index in [-0.39, 0.29) is 55.1 Å². The molecule has 0 bridgehead atoms. The van der Waals surface area contributed by atoms with Gasteiger partial charge in [0.25, 0.3) is 0 Å². The van der Waals surface area contributed by atoms with Gasteiger partial charge in [-0.05, 0) is 48.9 Å². The Labute approximate surface area is 250 Å². The van der Waals surface area contributed by atoms with Crippen LogP contribution in [0, 0.1) is 5.92 Å². The van der Waals surface area contributed by atoms with Crippen molar-refractivity contribution in [3.63, 3.8) is 0 Å². The molecule has 10 heteroatoms. The van der Waals surface area contributed by atoms with E-state index in [4.69, 9.17) is 4.74 Å². The molecule has 2 aromatic carbocycles. The van der Waals surface area contributed by atoms with Crippen molar-refractivity contribution >= 4 is 40.9 Å². The average molecular weight is 591 g/mol. The molecule has 1 aliphatic heterocycles. The van der Waals surface area contributed by atoms with Gasteiger partial charge in [-0.1, -0.05) is 56.3 Å². The molecule has 0 aliphatic carbocycles. The summed E-state index contributed by atoms with van der Waals surface area (Å²) in [7, 11) is 1.62. The number of halogens is 1. The molecule has 4 atom stereocenters. The van der Waals surface area contributed by atoms with E-state index in [0.29, 0.717) is 26.1 Å². The number of nitrogens with zero attached hydrogens (tertiary/aromatic N) is 1. The van der Waals surface area contributed by atoms with Crippen molar-refractivity contribution in [2.24, 2.45) is 5.92 Å². The van der Waals surface area contributed by atoms with E-state index in [9.17, 15) is 19.5 Å². The molecule has 0 saturated carbocycles. The number of hydrogen-bond acceptors (Lipinski definition) is 6. The highest BCUT2D eigenvalue weighted by Crippen LogP contribution is 2.23. The van der Waals surface area contributed by atoms with E-state index in [1.807, 2.05) is 63.2 Å². The highest BCUT2D eigenvalue weighted by molar-refractivity contribution is 5.93. The van der Waals surface area contributed by atoms with Crippen LogP contribution in [0.5, 0.6) is 0 Å². The maximum atomic E-state index is 13.5. The number of carbonyl (C=O) groups is 3. The van der Waals surface area contributed by atoms with Gasteiger partial charge in [-0.2, -0.15) is 0 Å². The fourth-order valence-electron chi connectivity index (χ4n) is 5.20. The number of methoxy groups -OCH3 is 1. The predicted octanol–water partition coefficient (Wildman–Crippen LogP) is 2.82. The maximum absolute atomic E-state index is 13.5. The summed E-state index contributed by atoms with van der Waals surface area (Å²) in [6.07, 6.45) is 2.29. The number of amides is 3. The molecular formula is C31H47ClN4O5. The topological polar surface area (TPSA) is 120 Å². The van der Waals surface area contributed by atoms with Crippen LogP contribution in [0.4, 0.5) is 0 Å². The van der Waals surface area contributed by atoms with Gasteiger partial charge in [-0.15, -0.1) is 12.4 Å². The Kier molecular flexibility index (Phi) is 14.5. The lowest BCUT2D eigenvalue weighted by Crippen LogP contribution is -2.55. The summed E-state index contributed by atoms with van der Waals surface area (Å²) in [6, 6.07) is 12.5. The highest BCUT2D eigenvalue weighted by atomic mass is 35.5. The number of rotatable bonds is 15. The van der Waals surface area contributed by atoms with Crippen LogP contribution < -0.4 is 16.0 Å². The number of ether oxygens (including phenoxy) is 1. The van der Waals surface area contributed by atoms with Gasteiger partial charge in [0.15, 0.2) is 0 Å². The lowest BCUT2D eigenvalue weighted by molar-refractivity contribution is -0.142. The van der Waals surface area contributed by atoms with Crippen molar-refractivity contribution in [2.75, 3.05) is 33.3 Å². The second-order valence-corrected chi connectivity index (χ2v) is 10.8. The Balaban J connectivity index is 0.00000588. The minimum atomic E-state index is -0.854. The fraction of sp³-hybridized carbons (Fsp3) is 0.581. The van der Waals surface area contributed by atoms with Crippen LogP contribution in [0.15, 0.2) is 42.5 Å². The lowest BCUT2D eigenvalue weighted by atomic mass is 10.00. The van der Waals surface area contributed by atoms with E-state index < -0.39 is 18.2 Å². The Hall–Kier alpha value is -2.72. The quantitative estimate of drug-likeness (QED) is 0.253. The molecule has 41 heavy (non-hydrogen) atoms. The zero-order valence-electron chi connectivity index (χ0n) is 24.7. The fourth-order valence-corrected chi connectivity index (χ4v) is 5.20. The third kappa shape index (κ3) is 9.95. The Bertz CT molecular complexity index is 1130. The Morgan fingerprint density at radius 1 is 1.05 bits per heavy atom. The number of nitrogens with one attached hydrogen (secondary N) is 3. The molecule has 1 saturated heterocycles. The molecule has 1 aliphatic rings. The monoisotopic (exact) mass is 590 g/mol. The molecule has 0 radical (unpaired) electrons. The number of aliphatic hydroxyl groups excluding tert-OH is 1. The normalized spacial score (nSPS) is 17.1. The first kappa shape index (κ1) is 34.5. The largest absolute Gasteiger partial charge is 0.390 e. The first-order chi connectivity index (χ1) is 19.3. The second kappa shape index (κ2) is 17.3. The van der Waals surface area contributed by atoms with Crippen LogP contribution in [0.3, 0.4) is 0 Å². The Morgan fingerprint density at radius 2 is 1.76 bits per heavy atom. The predicted molar refractivity (Wildman–Crippen MR) is 164 cm³/mol. The first-order valence-electron chi connectivity index (χ1n) is 14.5. The molecule has 0 spiro atoms. The zero-order valence-corrected chi connectivity index (χ0v) is 25.5. The van der Waals surface area contributed by atoms with Crippen molar-refractivity contribution < 1.29 is 24.2 Å². The summed E-state index contributed by atoms with van der Waals surface area (Å²) in [5.74, 6) is -0.779. The number of fused-ring (bicyclic) bond motifs is 1. The number of likely N-dealkylation sites (tertiary alicyclic amines) is 1. The van der Waals surface area contributed by atoms with Gasteiger partial charge in [-0.3, -0.25) is 14.4 Å². The smallest absolute Gasteiger partial charge is 0.243 e. The molecule has 4 N–H and O–H groups in total. The molecule has 2 aromatic rings. The van der Waals surface area contributed by atoms with Crippen LogP contribution in [0.1, 0.15) is 52.0 Å². The number of carbonyl (C=O) groups excluding carboxylic acids is 3. The zero-order chi connectivity index (χ0) is 29.1. The molecule has 228 valence electrons. The molecule has 1 heterocycles. The van der Waals surface area contributed by atoms with Gasteiger partial charge in [0.05, 0.1) is 12.2 Å². The highest BCUT2D eigenvalue weighted by Gasteiger charge is 2.37. The third-order valence-corrected chi connectivity index (χ3v) is 7.79. The van der Waals surface area contributed by atoms with E-state index in [1.54, 1.807) is 12.0 Å². The third-order valence-electron chi connectivity index (χ3n) is 7.79. The van der Waals surface area contributed by atoms with Gasteiger partial charge in [0, 0.05) is 45.6 Å². The maximum Gasteiger partial charge on any atom is 0.243 e. The summed E-state index contributed by atoms with van der Waals surface area (Å²) in [6.45, 7) is 7.37.